The van der Waals surface area contributed by atoms with Gasteiger partial charge in [-0.1, -0.05) is 6.92 Å². The Morgan fingerprint density at radius 2 is 2.00 bits per heavy atom. The number of hydrogen-bond acceptors (Lipinski definition) is 2. The molecule has 0 aliphatic rings. The van der Waals surface area contributed by atoms with E-state index in [-0.39, 0.29) is 11.8 Å². The summed E-state index contributed by atoms with van der Waals surface area (Å²) in [6.07, 6.45) is 0.872. The number of nitrogens with two attached hydrogens (primary N) is 1. The van der Waals surface area contributed by atoms with Crippen LogP contribution in [-0.4, -0.2) is 30.6 Å². The molecule has 0 heterocycles. The van der Waals surface area contributed by atoms with E-state index in [1.165, 1.54) is 24.3 Å². The number of carbonyl (C=O) groups excluding carboxylic acids is 1. The molecule has 17 heavy (non-hydrogen) atoms. The van der Waals surface area contributed by atoms with E-state index in [0.717, 1.165) is 6.42 Å². The van der Waals surface area contributed by atoms with Crippen LogP contribution in [0.4, 0.5) is 14.9 Å². The highest BCUT2D eigenvalue weighted by Gasteiger charge is 2.11. The van der Waals surface area contributed by atoms with E-state index in [1.807, 2.05) is 6.92 Å². The average Bonchev–Trinajstić information content (AvgIpc) is 2.32. The van der Waals surface area contributed by atoms with E-state index >= 15 is 0 Å². The number of nitrogens with zero attached hydrogens (tertiary/aromatic N) is 1. The molecule has 1 aromatic carbocycles. The second-order valence-corrected chi connectivity index (χ2v) is 3.71. The molecular formula is C12H18FN3O. The number of nitrogens with one attached hydrogen (secondary N) is 1. The van der Waals surface area contributed by atoms with E-state index < -0.39 is 0 Å². The number of amides is 2. The van der Waals surface area contributed by atoms with Crippen LogP contribution in [0.1, 0.15) is 13.3 Å². The Kier molecular flexibility index (Phi) is 5.42. The molecule has 0 saturated heterocycles. The number of anilines is 1. The first-order chi connectivity index (χ1) is 8.17. The van der Waals surface area contributed by atoms with Crippen molar-refractivity contribution in [3.05, 3.63) is 30.1 Å². The topological polar surface area (TPSA) is 58.4 Å². The maximum absolute atomic E-state index is 12.7. The summed E-state index contributed by atoms with van der Waals surface area (Å²) in [5, 5.41) is 2.70. The monoisotopic (exact) mass is 239 g/mol. The lowest BCUT2D eigenvalue weighted by atomic mass is 10.3. The largest absolute Gasteiger partial charge is 0.329 e. The van der Waals surface area contributed by atoms with E-state index in [2.05, 4.69) is 5.32 Å². The molecule has 0 radical (unpaired) electrons. The standard InChI is InChI=1S/C12H18FN3O/c1-2-8-16(9-7-14)12(17)15-11-5-3-10(13)4-6-11/h3-6H,2,7-9,14H2,1H3,(H,15,17). The third-order valence-corrected chi connectivity index (χ3v) is 2.28. The minimum absolute atomic E-state index is 0.205. The van der Waals surface area contributed by atoms with Gasteiger partial charge in [-0.15, -0.1) is 0 Å². The van der Waals surface area contributed by atoms with Crippen LogP contribution in [0.5, 0.6) is 0 Å². The Balaban J connectivity index is 2.59. The van der Waals surface area contributed by atoms with Gasteiger partial charge in [0.1, 0.15) is 5.82 Å². The summed E-state index contributed by atoms with van der Waals surface area (Å²) in [5.41, 5.74) is 6.02. The third-order valence-electron chi connectivity index (χ3n) is 2.28. The van der Waals surface area contributed by atoms with Crippen LogP contribution in [0.3, 0.4) is 0 Å². The molecule has 1 rings (SSSR count). The van der Waals surface area contributed by atoms with Gasteiger partial charge >= 0.3 is 6.03 Å². The minimum atomic E-state index is -0.324. The molecule has 3 N–H and O–H groups in total. The molecule has 0 unspecified atom stereocenters. The smallest absolute Gasteiger partial charge is 0.321 e. The maximum atomic E-state index is 12.7. The summed E-state index contributed by atoms with van der Waals surface area (Å²) in [4.78, 5) is 13.5. The molecule has 0 atom stereocenters. The van der Waals surface area contributed by atoms with Crippen LogP contribution >= 0.6 is 0 Å². The number of rotatable bonds is 5. The second kappa shape index (κ2) is 6.85. The Hall–Kier alpha value is -1.62. The zero-order chi connectivity index (χ0) is 12.7. The molecule has 0 aliphatic carbocycles. The molecule has 1 aromatic rings. The second-order valence-electron chi connectivity index (χ2n) is 3.71. The Morgan fingerprint density at radius 3 is 2.53 bits per heavy atom. The fourth-order valence-electron chi connectivity index (χ4n) is 1.48. The lowest BCUT2D eigenvalue weighted by Gasteiger charge is -2.21. The molecule has 2 amide bonds. The molecule has 0 saturated carbocycles. The van der Waals surface area contributed by atoms with Crippen LogP contribution in [0, 0.1) is 5.82 Å². The van der Waals surface area contributed by atoms with Crippen molar-refractivity contribution in [2.75, 3.05) is 25.0 Å². The molecule has 0 spiro atoms. The third kappa shape index (κ3) is 4.40. The number of carbonyl (C=O) groups is 1. The van der Waals surface area contributed by atoms with Crippen molar-refractivity contribution in [1.82, 2.24) is 4.90 Å². The molecule has 5 heteroatoms. The van der Waals surface area contributed by atoms with Gasteiger partial charge in [0.05, 0.1) is 0 Å². The van der Waals surface area contributed by atoms with Crippen molar-refractivity contribution in [2.45, 2.75) is 13.3 Å². The summed E-state index contributed by atoms with van der Waals surface area (Å²) < 4.78 is 12.7. The van der Waals surface area contributed by atoms with Gasteiger partial charge < -0.3 is 16.0 Å². The average molecular weight is 239 g/mol. The zero-order valence-electron chi connectivity index (χ0n) is 9.95. The number of urea groups is 1. The fraction of sp³-hybridized carbons (Fsp3) is 0.417. The lowest BCUT2D eigenvalue weighted by molar-refractivity contribution is 0.213. The first-order valence-electron chi connectivity index (χ1n) is 5.69. The number of benzene rings is 1. The van der Waals surface area contributed by atoms with Crippen molar-refractivity contribution in [3.8, 4) is 0 Å². The molecule has 0 aliphatic heterocycles. The number of hydrogen-bond donors (Lipinski definition) is 2. The maximum Gasteiger partial charge on any atom is 0.321 e. The molecule has 0 aromatic heterocycles. The zero-order valence-corrected chi connectivity index (χ0v) is 9.95. The lowest BCUT2D eigenvalue weighted by Crippen LogP contribution is -2.38. The van der Waals surface area contributed by atoms with E-state index in [1.54, 1.807) is 4.90 Å². The van der Waals surface area contributed by atoms with Crippen molar-refractivity contribution >= 4 is 11.7 Å². The highest BCUT2D eigenvalue weighted by Crippen LogP contribution is 2.09. The normalized spacial score (nSPS) is 10.1. The van der Waals surface area contributed by atoms with Gasteiger partial charge in [-0.25, -0.2) is 9.18 Å². The van der Waals surface area contributed by atoms with Crippen LogP contribution < -0.4 is 11.1 Å². The number of halogens is 1. The van der Waals surface area contributed by atoms with Crippen molar-refractivity contribution in [3.63, 3.8) is 0 Å². The summed E-state index contributed by atoms with van der Waals surface area (Å²) in [5.74, 6) is -0.324. The van der Waals surface area contributed by atoms with E-state index in [9.17, 15) is 9.18 Å². The van der Waals surface area contributed by atoms with Gasteiger partial charge in [0.15, 0.2) is 0 Å². The van der Waals surface area contributed by atoms with Gasteiger partial charge in [-0.3, -0.25) is 0 Å². The van der Waals surface area contributed by atoms with Gasteiger partial charge in [0.25, 0.3) is 0 Å². The van der Waals surface area contributed by atoms with E-state index in [4.69, 9.17) is 5.73 Å². The Morgan fingerprint density at radius 1 is 1.35 bits per heavy atom. The quantitative estimate of drug-likeness (QED) is 0.826. The molecule has 0 bridgehead atoms. The van der Waals surface area contributed by atoms with Gasteiger partial charge in [0.2, 0.25) is 0 Å². The van der Waals surface area contributed by atoms with Crippen molar-refractivity contribution in [2.24, 2.45) is 5.73 Å². The van der Waals surface area contributed by atoms with Crippen LogP contribution in [0.2, 0.25) is 0 Å². The highest BCUT2D eigenvalue weighted by atomic mass is 19.1. The predicted molar refractivity (Wildman–Crippen MR) is 66.3 cm³/mol. The predicted octanol–water partition coefficient (Wildman–Crippen LogP) is 2.03. The van der Waals surface area contributed by atoms with Crippen LogP contribution in [0.15, 0.2) is 24.3 Å². The van der Waals surface area contributed by atoms with Gasteiger partial charge in [0, 0.05) is 25.3 Å². The SMILES string of the molecule is CCCN(CCN)C(=O)Nc1ccc(F)cc1. The molecule has 4 nitrogen and oxygen atoms in total. The van der Waals surface area contributed by atoms with Gasteiger partial charge in [-0.2, -0.15) is 0 Å². The fourth-order valence-corrected chi connectivity index (χ4v) is 1.48. The first kappa shape index (κ1) is 13.4. The summed E-state index contributed by atoms with van der Waals surface area (Å²) in [6.45, 7) is 3.59. The van der Waals surface area contributed by atoms with Crippen LogP contribution in [-0.2, 0) is 0 Å². The van der Waals surface area contributed by atoms with Crippen molar-refractivity contribution in [1.29, 1.82) is 0 Å². The Bertz CT molecular complexity index is 347. The van der Waals surface area contributed by atoms with E-state index in [0.29, 0.717) is 25.3 Å². The molecule has 0 fully saturated rings. The summed E-state index contributed by atoms with van der Waals surface area (Å²) in [7, 11) is 0. The van der Waals surface area contributed by atoms with Gasteiger partial charge in [-0.05, 0) is 30.7 Å². The van der Waals surface area contributed by atoms with Crippen LogP contribution in [0.25, 0.3) is 0 Å². The summed E-state index contributed by atoms with van der Waals surface area (Å²) in [6, 6.07) is 5.47. The van der Waals surface area contributed by atoms with Crippen molar-refractivity contribution < 1.29 is 9.18 Å². The first-order valence-corrected chi connectivity index (χ1v) is 5.69. The minimum Gasteiger partial charge on any atom is -0.329 e. The molecule has 94 valence electrons. The molecular weight excluding hydrogens is 221 g/mol. The Labute approximate surface area is 101 Å². The highest BCUT2D eigenvalue weighted by molar-refractivity contribution is 5.89. The summed E-state index contributed by atoms with van der Waals surface area (Å²) >= 11 is 0.